The molecule has 0 bridgehead atoms. The van der Waals surface area contributed by atoms with Gasteiger partial charge in [-0.15, -0.1) is 13.2 Å². The standard InChI is InChI=1S/C24H27NO/c1-4-9-19-15-14-18-10-8-12-21(20-11-6-7-13-22(20)25)23(18)24(19,16-5-2)17(3)26/h4-8,10-13,19H,1-2,9,14-16,25H2,3H3. The molecule has 0 heterocycles. The molecule has 0 aromatic heterocycles. The first kappa shape index (κ1) is 18.2. The molecule has 0 spiro atoms. The second-order valence-corrected chi connectivity index (χ2v) is 7.21. The van der Waals surface area contributed by atoms with E-state index in [-0.39, 0.29) is 11.7 Å². The van der Waals surface area contributed by atoms with Gasteiger partial charge in [-0.1, -0.05) is 48.6 Å². The summed E-state index contributed by atoms with van der Waals surface area (Å²) in [5, 5.41) is 0. The molecule has 0 aliphatic heterocycles. The number of nitrogen functional groups attached to an aromatic ring is 1. The van der Waals surface area contributed by atoms with Gasteiger partial charge in [0.25, 0.3) is 0 Å². The molecule has 2 aromatic carbocycles. The molecule has 0 fully saturated rings. The third-order valence-electron chi connectivity index (χ3n) is 5.85. The predicted octanol–water partition coefficient (Wildman–Crippen LogP) is 5.48. The number of hydrogen-bond acceptors (Lipinski definition) is 2. The maximum atomic E-state index is 13.1. The first-order valence-corrected chi connectivity index (χ1v) is 9.26. The molecule has 0 saturated heterocycles. The largest absolute Gasteiger partial charge is 0.398 e. The van der Waals surface area contributed by atoms with Gasteiger partial charge in [0.2, 0.25) is 0 Å². The van der Waals surface area contributed by atoms with Crippen LogP contribution < -0.4 is 5.73 Å². The number of ketones is 1. The zero-order valence-electron chi connectivity index (χ0n) is 15.5. The summed E-state index contributed by atoms with van der Waals surface area (Å²) in [5.41, 5.74) is 10.9. The quantitative estimate of drug-likeness (QED) is 0.556. The maximum absolute atomic E-state index is 13.1. The topological polar surface area (TPSA) is 43.1 Å². The van der Waals surface area contributed by atoms with Crippen LogP contribution in [-0.4, -0.2) is 5.78 Å². The van der Waals surface area contributed by atoms with E-state index in [9.17, 15) is 4.79 Å². The molecule has 2 atom stereocenters. The van der Waals surface area contributed by atoms with Crippen LogP contribution in [0.1, 0.15) is 37.3 Å². The minimum atomic E-state index is -0.567. The van der Waals surface area contributed by atoms with Gasteiger partial charge in [0.05, 0.1) is 5.41 Å². The Labute approximate surface area is 156 Å². The van der Waals surface area contributed by atoms with Crippen LogP contribution in [0.4, 0.5) is 5.69 Å². The lowest BCUT2D eigenvalue weighted by atomic mass is 9.57. The smallest absolute Gasteiger partial charge is 0.140 e. The Morgan fingerprint density at radius 1 is 1.15 bits per heavy atom. The predicted molar refractivity (Wildman–Crippen MR) is 110 cm³/mol. The number of rotatable bonds is 6. The monoisotopic (exact) mass is 345 g/mol. The number of carbonyl (C=O) groups excluding carboxylic acids is 1. The van der Waals surface area contributed by atoms with E-state index < -0.39 is 5.41 Å². The summed E-state index contributed by atoms with van der Waals surface area (Å²) in [6, 6.07) is 14.2. The van der Waals surface area contributed by atoms with E-state index in [1.165, 1.54) is 5.56 Å². The average molecular weight is 345 g/mol. The highest BCUT2D eigenvalue weighted by atomic mass is 16.1. The molecule has 3 rings (SSSR count). The first-order valence-electron chi connectivity index (χ1n) is 9.26. The molecular weight excluding hydrogens is 318 g/mol. The van der Waals surface area contributed by atoms with Gasteiger partial charge in [0, 0.05) is 11.3 Å². The van der Waals surface area contributed by atoms with Gasteiger partial charge in [-0.2, -0.15) is 0 Å². The van der Waals surface area contributed by atoms with Crippen molar-refractivity contribution in [1.29, 1.82) is 0 Å². The highest BCUT2D eigenvalue weighted by Crippen LogP contribution is 2.50. The number of carbonyl (C=O) groups is 1. The van der Waals surface area contributed by atoms with Crippen molar-refractivity contribution in [2.45, 2.75) is 38.0 Å². The molecule has 2 aromatic rings. The number of fused-ring (bicyclic) bond motifs is 1. The minimum Gasteiger partial charge on any atom is -0.398 e. The van der Waals surface area contributed by atoms with Crippen LogP contribution in [0.5, 0.6) is 0 Å². The fourth-order valence-corrected chi connectivity index (χ4v) is 4.71. The van der Waals surface area contributed by atoms with E-state index in [0.717, 1.165) is 41.6 Å². The molecule has 0 radical (unpaired) electrons. The molecule has 2 unspecified atom stereocenters. The van der Waals surface area contributed by atoms with Crippen LogP contribution in [0.2, 0.25) is 0 Å². The zero-order valence-corrected chi connectivity index (χ0v) is 15.5. The molecular formula is C24H27NO. The minimum absolute atomic E-state index is 0.201. The second kappa shape index (κ2) is 7.33. The lowest BCUT2D eigenvalue weighted by Crippen LogP contribution is -2.45. The highest BCUT2D eigenvalue weighted by Gasteiger charge is 2.47. The number of allylic oxidation sites excluding steroid dienone is 2. The van der Waals surface area contributed by atoms with E-state index in [2.05, 4.69) is 31.4 Å². The zero-order chi connectivity index (χ0) is 18.7. The van der Waals surface area contributed by atoms with Crippen LogP contribution in [0.25, 0.3) is 11.1 Å². The Kier molecular flexibility index (Phi) is 5.13. The summed E-state index contributed by atoms with van der Waals surface area (Å²) in [4.78, 5) is 13.1. The molecule has 0 amide bonds. The molecule has 2 nitrogen and oxygen atoms in total. The van der Waals surface area contributed by atoms with Gasteiger partial charge in [-0.05, 0) is 61.3 Å². The van der Waals surface area contributed by atoms with E-state index >= 15 is 0 Å². The normalized spacial score (nSPS) is 21.7. The van der Waals surface area contributed by atoms with Gasteiger partial charge in [-0.25, -0.2) is 0 Å². The number of aryl methyl sites for hydroxylation is 1. The number of Topliss-reactive ketones (excluding diaryl/α,β-unsaturated/α-hetero) is 1. The lowest BCUT2D eigenvalue weighted by molar-refractivity contribution is -0.124. The summed E-state index contributed by atoms with van der Waals surface area (Å²) < 4.78 is 0. The Morgan fingerprint density at radius 2 is 1.88 bits per heavy atom. The molecule has 26 heavy (non-hydrogen) atoms. The summed E-state index contributed by atoms with van der Waals surface area (Å²) >= 11 is 0. The van der Waals surface area contributed by atoms with Crippen LogP contribution in [0, 0.1) is 5.92 Å². The Morgan fingerprint density at radius 3 is 2.54 bits per heavy atom. The Hall–Kier alpha value is -2.61. The van der Waals surface area contributed by atoms with Crippen molar-refractivity contribution < 1.29 is 4.79 Å². The van der Waals surface area contributed by atoms with E-state index in [1.807, 2.05) is 36.4 Å². The van der Waals surface area contributed by atoms with Crippen LogP contribution in [0.3, 0.4) is 0 Å². The number of para-hydroxylation sites is 1. The van der Waals surface area contributed by atoms with Crippen molar-refractivity contribution in [2.24, 2.45) is 5.92 Å². The highest BCUT2D eigenvalue weighted by molar-refractivity contribution is 5.94. The van der Waals surface area contributed by atoms with Crippen molar-refractivity contribution in [1.82, 2.24) is 0 Å². The fourth-order valence-electron chi connectivity index (χ4n) is 4.71. The SMILES string of the molecule is C=CCC1CCc2cccc(-c3ccccc3N)c2C1(CC=C)C(C)=O. The van der Waals surface area contributed by atoms with Gasteiger partial charge in [0.15, 0.2) is 0 Å². The van der Waals surface area contributed by atoms with Crippen molar-refractivity contribution >= 4 is 11.5 Å². The van der Waals surface area contributed by atoms with Crippen molar-refractivity contribution in [3.05, 3.63) is 78.9 Å². The Balaban J connectivity index is 2.35. The molecule has 1 aliphatic carbocycles. The summed E-state index contributed by atoms with van der Waals surface area (Å²) in [6.07, 6.45) is 7.25. The number of anilines is 1. The third-order valence-corrected chi connectivity index (χ3v) is 5.85. The van der Waals surface area contributed by atoms with Crippen LogP contribution in [-0.2, 0) is 16.6 Å². The molecule has 0 saturated carbocycles. The summed E-state index contributed by atoms with van der Waals surface area (Å²) in [5.74, 6) is 0.432. The van der Waals surface area contributed by atoms with E-state index in [4.69, 9.17) is 5.73 Å². The van der Waals surface area contributed by atoms with Crippen molar-refractivity contribution in [2.75, 3.05) is 5.73 Å². The lowest BCUT2D eigenvalue weighted by Gasteiger charge is -2.44. The van der Waals surface area contributed by atoms with Gasteiger partial charge in [-0.3, -0.25) is 4.79 Å². The van der Waals surface area contributed by atoms with Crippen LogP contribution >= 0.6 is 0 Å². The maximum Gasteiger partial charge on any atom is 0.140 e. The molecule has 1 aliphatic rings. The fraction of sp³-hybridized carbons (Fsp3) is 0.292. The molecule has 2 heteroatoms. The number of hydrogen-bond donors (Lipinski definition) is 1. The second-order valence-electron chi connectivity index (χ2n) is 7.21. The Bertz CT molecular complexity index is 851. The van der Waals surface area contributed by atoms with Crippen molar-refractivity contribution in [3.8, 4) is 11.1 Å². The van der Waals surface area contributed by atoms with E-state index in [1.54, 1.807) is 6.92 Å². The van der Waals surface area contributed by atoms with Gasteiger partial charge in [0.1, 0.15) is 5.78 Å². The van der Waals surface area contributed by atoms with Gasteiger partial charge < -0.3 is 5.73 Å². The third kappa shape index (κ3) is 2.80. The number of benzene rings is 2. The van der Waals surface area contributed by atoms with Crippen molar-refractivity contribution in [3.63, 3.8) is 0 Å². The molecule has 134 valence electrons. The van der Waals surface area contributed by atoms with E-state index in [0.29, 0.717) is 6.42 Å². The van der Waals surface area contributed by atoms with Crippen LogP contribution in [0.15, 0.2) is 67.8 Å². The van der Waals surface area contributed by atoms with Gasteiger partial charge >= 0.3 is 0 Å². The first-order chi connectivity index (χ1) is 12.6. The molecule has 2 N–H and O–H groups in total. The average Bonchev–Trinajstić information content (AvgIpc) is 2.63. The number of nitrogens with two attached hydrogens (primary N) is 1. The summed E-state index contributed by atoms with van der Waals surface area (Å²) in [7, 11) is 0. The summed E-state index contributed by atoms with van der Waals surface area (Å²) in [6.45, 7) is 9.62.